The number of azo groups is 1. The van der Waals surface area contributed by atoms with Crippen molar-refractivity contribution in [1.82, 2.24) is 0 Å². The number of nitro benzene ring substituents is 1. The van der Waals surface area contributed by atoms with Crippen LogP contribution in [0.5, 0.6) is 0 Å². The van der Waals surface area contributed by atoms with Crippen LogP contribution < -0.4 is 15.5 Å². The Labute approximate surface area is 223 Å². The zero-order valence-corrected chi connectivity index (χ0v) is 21.3. The highest BCUT2D eigenvalue weighted by Gasteiger charge is 2.11. The molecule has 0 heterocycles. The standard InChI is InChI=1S/C26H28N6O7/c1-17-3-4-20(16-24(17)28-25(34)35)27-26(36)39-14-12-31(11-13-33)21-7-5-19(6-8-21)29-30-23-10-9-22(32(37)38)15-18(23)2/h3-10,15-16,28,33H,11-14H2,1-2H3,(H,27,36)(H,34,35). The summed E-state index contributed by atoms with van der Waals surface area (Å²) in [6.45, 7) is 3.97. The predicted octanol–water partition coefficient (Wildman–Crippen LogP) is 5.76. The molecule has 3 aromatic rings. The smallest absolute Gasteiger partial charge is 0.411 e. The van der Waals surface area contributed by atoms with Crippen molar-refractivity contribution in [2.45, 2.75) is 13.8 Å². The van der Waals surface area contributed by atoms with Crippen LogP contribution in [0.1, 0.15) is 11.1 Å². The van der Waals surface area contributed by atoms with E-state index in [0.29, 0.717) is 47.0 Å². The van der Waals surface area contributed by atoms with Gasteiger partial charge in [0.2, 0.25) is 0 Å². The highest BCUT2D eigenvalue weighted by atomic mass is 16.6. The van der Waals surface area contributed by atoms with Gasteiger partial charge in [-0.05, 0) is 67.4 Å². The number of ether oxygens (including phenoxy) is 1. The number of non-ortho nitro benzene ring substituents is 1. The highest BCUT2D eigenvalue weighted by Crippen LogP contribution is 2.27. The lowest BCUT2D eigenvalue weighted by Crippen LogP contribution is -2.31. The lowest BCUT2D eigenvalue weighted by atomic mass is 10.2. The number of hydrogen-bond acceptors (Lipinski definition) is 9. The van der Waals surface area contributed by atoms with E-state index in [1.807, 2.05) is 4.90 Å². The SMILES string of the molecule is Cc1cc([N+](=O)[O-])ccc1N=Nc1ccc(N(CCO)CCOC(=O)Nc2ccc(C)c(NC(=O)O)c2)cc1. The summed E-state index contributed by atoms with van der Waals surface area (Å²) in [6, 6.07) is 16.2. The van der Waals surface area contributed by atoms with Gasteiger partial charge in [0.25, 0.3) is 5.69 Å². The van der Waals surface area contributed by atoms with Crippen molar-refractivity contribution in [2.24, 2.45) is 10.2 Å². The molecule has 3 aromatic carbocycles. The van der Waals surface area contributed by atoms with Gasteiger partial charge in [-0.2, -0.15) is 10.2 Å². The fraction of sp³-hybridized carbons (Fsp3) is 0.231. The van der Waals surface area contributed by atoms with E-state index < -0.39 is 17.1 Å². The number of anilines is 3. The third-order valence-corrected chi connectivity index (χ3v) is 5.57. The molecule has 0 radical (unpaired) electrons. The minimum atomic E-state index is -1.21. The van der Waals surface area contributed by atoms with Gasteiger partial charge in [-0.3, -0.25) is 20.7 Å². The second-order valence-electron chi connectivity index (χ2n) is 8.38. The zero-order chi connectivity index (χ0) is 28.4. The lowest BCUT2D eigenvalue weighted by Gasteiger charge is -2.23. The van der Waals surface area contributed by atoms with Gasteiger partial charge in [0, 0.05) is 35.7 Å². The van der Waals surface area contributed by atoms with Crippen LogP contribution in [0, 0.1) is 24.0 Å². The van der Waals surface area contributed by atoms with Gasteiger partial charge >= 0.3 is 12.2 Å². The molecule has 13 heteroatoms. The molecule has 0 bridgehead atoms. The summed E-state index contributed by atoms with van der Waals surface area (Å²) >= 11 is 0. The van der Waals surface area contributed by atoms with E-state index >= 15 is 0 Å². The van der Waals surface area contributed by atoms with E-state index in [1.54, 1.807) is 50.2 Å². The summed E-state index contributed by atoms with van der Waals surface area (Å²) in [7, 11) is 0. The molecule has 0 aliphatic rings. The minimum absolute atomic E-state index is 0.0152. The van der Waals surface area contributed by atoms with Gasteiger partial charge < -0.3 is 19.8 Å². The number of aliphatic hydroxyl groups is 1. The molecule has 0 unspecified atom stereocenters. The number of carboxylic acid groups (broad SMARTS) is 1. The molecule has 3 rings (SSSR count). The molecule has 0 aliphatic heterocycles. The summed E-state index contributed by atoms with van der Waals surface area (Å²) in [6.07, 6.45) is -1.92. The number of carbonyl (C=O) groups is 2. The van der Waals surface area contributed by atoms with Crippen molar-refractivity contribution in [2.75, 3.05) is 41.8 Å². The van der Waals surface area contributed by atoms with E-state index in [4.69, 9.17) is 9.84 Å². The summed E-state index contributed by atoms with van der Waals surface area (Å²) in [5.74, 6) is 0. The third kappa shape index (κ3) is 8.50. The Morgan fingerprint density at radius 3 is 2.36 bits per heavy atom. The number of nitrogens with one attached hydrogen (secondary N) is 2. The molecule has 0 saturated carbocycles. The summed E-state index contributed by atoms with van der Waals surface area (Å²) in [5, 5.41) is 42.4. The van der Waals surface area contributed by atoms with Crippen LogP contribution in [-0.2, 0) is 4.74 Å². The topological polar surface area (TPSA) is 179 Å². The molecule has 39 heavy (non-hydrogen) atoms. The van der Waals surface area contributed by atoms with Crippen LogP contribution in [0.3, 0.4) is 0 Å². The quantitative estimate of drug-likeness (QED) is 0.135. The first-order chi connectivity index (χ1) is 18.7. The number of aliphatic hydroxyl groups excluding tert-OH is 1. The van der Waals surface area contributed by atoms with E-state index in [0.717, 1.165) is 5.69 Å². The van der Waals surface area contributed by atoms with Crippen molar-refractivity contribution in [3.8, 4) is 0 Å². The largest absolute Gasteiger partial charge is 0.465 e. The van der Waals surface area contributed by atoms with Crippen LogP contribution >= 0.6 is 0 Å². The maximum atomic E-state index is 12.2. The number of rotatable bonds is 11. The van der Waals surface area contributed by atoms with Crippen molar-refractivity contribution < 1.29 is 29.5 Å². The molecule has 4 N–H and O–H groups in total. The molecule has 0 spiro atoms. The highest BCUT2D eigenvalue weighted by molar-refractivity contribution is 5.89. The average molecular weight is 537 g/mol. The number of aryl methyl sites for hydroxylation is 2. The molecule has 0 atom stereocenters. The molecule has 0 aliphatic carbocycles. The van der Waals surface area contributed by atoms with E-state index in [-0.39, 0.29) is 18.9 Å². The van der Waals surface area contributed by atoms with E-state index in [2.05, 4.69) is 20.9 Å². The van der Waals surface area contributed by atoms with Gasteiger partial charge in [-0.1, -0.05) is 6.07 Å². The van der Waals surface area contributed by atoms with Crippen LogP contribution in [0.2, 0.25) is 0 Å². The van der Waals surface area contributed by atoms with Gasteiger partial charge in [-0.25, -0.2) is 9.59 Å². The molecule has 0 fully saturated rings. The molecule has 0 saturated heterocycles. The number of amides is 2. The fourth-order valence-corrected chi connectivity index (χ4v) is 3.55. The second-order valence-corrected chi connectivity index (χ2v) is 8.38. The van der Waals surface area contributed by atoms with Gasteiger partial charge in [0.15, 0.2) is 0 Å². The number of hydrogen-bond donors (Lipinski definition) is 4. The van der Waals surface area contributed by atoms with Crippen molar-refractivity contribution in [3.05, 3.63) is 81.9 Å². The first-order valence-electron chi connectivity index (χ1n) is 11.8. The number of benzene rings is 3. The van der Waals surface area contributed by atoms with E-state index in [1.165, 1.54) is 24.3 Å². The molecule has 0 aromatic heterocycles. The fourth-order valence-electron chi connectivity index (χ4n) is 3.55. The molecular weight excluding hydrogens is 508 g/mol. The van der Waals surface area contributed by atoms with Gasteiger partial charge in [-0.15, -0.1) is 0 Å². The summed E-state index contributed by atoms with van der Waals surface area (Å²) < 4.78 is 5.26. The lowest BCUT2D eigenvalue weighted by molar-refractivity contribution is -0.384. The maximum absolute atomic E-state index is 12.2. The number of nitrogens with zero attached hydrogens (tertiary/aromatic N) is 4. The van der Waals surface area contributed by atoms with Crippen molar-refractivity contribution >= 4 is 46.3 Å². The van der Waals surface area contributed by atoms with Crippen LogP contribution in [0.4, 0.5) is 43.7 Å². The normalized spacial score (nSPS) is 10.7. The Morgan fingerprint density at radius 2 is 1.72 bits per heavy atom. The Kier molecular flexibility index (Phi) is 9.87. The van der Waals surface area contributed by atoms with E-state index in [9.17, 15) is 24.8 Å². The first-order valence-corrected chi connectivity index (χ1v) is 11.8. The Hall–Kier alpha value is -5.04. The van der Waals surface area contributed by atoms with Crippen molar-refractivity contribution in [1.29, 1.82) is 0 Å². The molecular formula is C26H28N6O7. The minimum Gasteiger partial charge on any atom is -0.465 e. The number of carbonyl (C=O) groups excluding carboxylic acids is 1. The van der Waals surface area contributed by atoms with Crippen LogP contribution in [0.25, 0.3) is 0 Å². The molecule has 204 valence electrons. The monoisotopic (exact) mass is 536 g/mol. The number of nitro groups is 1. The molecule has 2 amide bonds. The third-order valence-electron chi connectivity index (χ3n) is 5.57. The second kappa shape index (κ2) is 13.5. The first kappa shape index (κ1) is 28.5. The molecule has 13 nitrogen and oxygen atoms in total. The predicted molar refractivity (Wildman–Crippen MR) is 146 cm³/mol. The van der Waals surface area contributed by atoms with Crippen molar-refractivity contribution in [3.63, 3.8) is 0 Å². The zero-order valence-electron chi connectivity index (χ0n) is 21.3. The summed E-state index contributed by atoms with van der Waals surface area (Å²) in [4.78, 5) is 35.4. The van der Waals surface area contributed by atoms with Crippen LogP contribution in [-0.4, -0.2) is 53.6 Å². The van der Waals surface area contributed by atoms with Crippen LogP contribution in [0.15, 0.2) is 70.9 Å². The summed E-state index contributed by atoms with van der Waals surface area (Å²) in [5.41, 5.74) is 3.87. The maximum Gasteiger partial charge on any atom is 0.411 e. The Bertz CT molecular complexity index is 1360. The Balaban J connectivity index is 1.56. The van der Waals surface area contributed by atoms with Gasteiger partial charge in [0.1, 0.15) is 6.61 Å². The average Bonchev–Trinajstić information content (AvgIpc) is 2.89. The van der Waals surface area contributed by atoms with Gasteiger partial charge in [0.05, 0.1) is 29.4 Å². The Morgan fingerprint density at radius 1 is 0.974 bits per heavy atom.